The van der Waals surface area contributed by atoms with Crippen LogP contribution in [0.1, 0.15) is 18.5 Å². The second-order valence-corrected chi connectivity index (χ2v) is 4.97. The Morgan fingerprint density at radius 1 is 1.05 bits per heavy atom. The van der Waals surface area contributed by atoms with Crippen LogP contribution in [0.2, 0.25) is 0 Å². The summed E-state index contributed by atoms with van der Waals surface area (Å²) in [5.41, 5.74) is 1.31. The number of hydrogen-bond donors (Lipinski definition) is 2. The summed E-state index contributed by atoms with van der Waals surface area (Å²) in [6, 6.07) is 15.1. The number of aliphatic hydroxyl groups excluding tert-OH is 1. The van der Waals surface area contributed by atoms with Crippen molar-refractivity contribution >= 4 is 10.8 Å². The molecule has 0 aliphatic heterocycles. The van der Waals surface area contributed by atoms with Crippen LogP contribution in [0.4, 0.5) is 0 Å². The van der Waals surface area contributed by atoms with Gasteiger partial charge in [-0.3, -0.25) is 0 Å². The van der Waals surface area contributed by atoms with Gasteiger partial charge in [0.05, 0.1) is 6.61 Å². The summed E-state index contributed by atoms with van der Waals surface area (Å²) >= 11 is 0. The van der Waals surface area contributed by atoms with Gasteiger partial charge in [0.1, 0.15) is 0 Å². The number of aliphatic hydroxyl groups is 1. The lowest BCUT2D eigenvalue weighted by Gasteiger charge is -2.15. The highest BCUT2D eigenvalue weighted by molar-refractivity contribution is 5.86. The highest BCUT2D eigenvalue weighted by Gasteiger charge is 2.07. The summed E-state index contributed by atoms with van der Waals surface area (Å²) in [6.07, 6.45) is 7.09. The van der Waals surface area contributed by atoms with E-state index in [1.807, 2.05) is 12.2 Å². The highest BCUT2D eigenvalue weighted by atomic mass is 16.2. The summed E-state index contributed by atoms with van der Waals surface area (Å²) in [6.45, 7) is 2.97. The minimum Gasteiger partial charge on any atom is -0.392 e. The fourth-order valence-electron chi connectivity index (χ4n) is 2.31. The van der Waals surface area contributed by atoms with E-state index in [1.165, 1.54) is 16.3 Å². The molecular weight excluding hydrogens is 270 g/mol. The average Bonchev–Trinajstić information content (AvgIpc) is 2.56. The van der Waals surface area contributed by atoms with Crippen LogP contribution in [-0.4, -0.2) is 18.3 Å². The van der Waals surface area contributed by atoms with Crippen molar-refractivity contribution in [1.29, 1.82) is 0 Å². The molecule has 112 valence electrons. The number of allylic oxidation sites excluding steroid dienone is 2. The summed E-state index contributed by atoms with van der Waals surface area (Å²) in [4.78, 5) is 0. The number of nitrogens with one attached hydrogen (secondary N) is 1. The van der Waals surface area contributed by atoms with E-state index in [0.717, 1.165) is 6.54 Å². The first-order valence-corrected chi connectivity index (χ1v) is 7.46. The minimum absolute atomic E-state index is 0.0303. The molecule has 22 heavy (non-hydrogen) atoms. The maximum Gasteiger partial charge on any atom is 0.0621 e. The Labute approximate surface area is 132 Å². The van der Waals surface area contributed by atoms with Gasteiger partial charge in [0, 0.05) is 12.6 Å². The summed E-state index contributed by atoms with van der Waals surface area (Å²) in [7, 11) is 0. The molecule has 1 atom stereocenters. The summed E-state index contributed by atoms with van der Waals surface area (Å²) < 4.78 is 0. The van der Waals surface area contributed by atoms with Gasteiger partial charge in [-0.1, -0.05) is 66.5 Å². The van der Waals surface area contributed by atoms with Crippen molar-refractivity contribution in [2.75, 3.05) is 13.2 Å². The number of fused-ring (bicyclic) bond motifs is 1. The van der Waals surface area contributed by atoms with Crippen LogP contribution in [-0.2, 0) is 0 Å². The van der Waals surface area contributed by atoms with Crippen LogP contribution >= 0.6 is 0 Å². The van der Waals surface area contributed by atoms with E-state index in [4.69, 9.17) is 5.11 Å². The zero-order chi connectivity index (χ0) is 15.6. The molecule has 2 heteroatoms. The topological polar surface area (TPSA) is 32.3 Å². The zero-order valence-electron chi connectivity index (χ0n) is 12.8. The lowest BCUT2D eigenvalue weighted by molar-refractivity contribution is 0.343. The van der Waals surface area contributed by atoms with Crippen molar-refractivity contribution in [3.05, 3.63) is 72.3 Å². The van der Waals surface area contributed by atoms with Crippen LogP contribution in [0.5, 0.6) is 0 Å². The fourth-order valence-corrected chi connectivity index (χ4v) is 2.31. The SMILES string of the molecule is C[C@@H](NCC=CC#CC=CCO)c1cccc2ccccc12. The molecular formula is C20H21NO. The quantitative estimate of drug-likeness (QED) is 0.825. The smallest absolute Gasteiger partial charge is 0.0621 e. The van der Waals surface area contributed by atoms with E-state index in [2.05, 4.69) is 66.5 Å². The number of rotatable bonds is 5. The van der Waals surface area contributed by atoms with Gasteiger partial charge in [-0.25, -0.2) is 0 Å². The average molecular weight is 291 g/mol. The van der Waals surface area contributed by atoms with Crippen molar-refractivity contribution in [2.24, 2.45) is 0 Å². The first-order valence-electron chi connectivity index (χ1n) is 7.46. The molecule has 0 aliphatic carbocycles. The summed E-state index contributed by atoms with van der Waals surface area (Å²) in [5.74, 6) is 5.72. The fraction of sp³-hybridized carbons (Fsp3) is 0.200. The second-order valence-electron chi connectivity index (χ2n) is 4.97. The van der Waals surface area contributed by atoms with Crippen LogP contribution < -0.4 is 5.32 Å². The van der Waals surface area contributed by atoms with E-state index >= 15 is 0 Å². The molecule has 0 spiro atoms. The standard InChI is InChI=1S/C20H21NO/c1-17(21-15-8-4-2-3-5-9-16-22)19-14-10-12-18-11-6-7-13-20(18)19/h4-14,17,21-22H,15-16H2,1H3/t17-/m1/s1. The Balaban J connectivity index is 1.94. The van der Waals surface area contributed by atoms with E-state index in [-0.39, 0.29) is 12.6 Å². The van der Waals surface area contributed by atoms with Crippen LogP contribution in [0.15, 0.2) is 66.8 Å². The van der Waals surface area contributed by atoms with E-state index in [1.54, 1.807) is 12.2 Å². The van der Waals surface area contributed by atoms with Gasteiger partial charge in [0.25, 0.3) is 0 Å². The van der Waals surface area contributed by atoms with Crippen molar-refractivity contribution in [3.63, 3.8) is 0 Å². The first kappa shape index (κ1) is 16.0. The Morgan fingerprint density at radius 3 is 2.59 bits per heavy atom. The third-order valence-corrected chi connectivity index (χ3v) is 3.42. The maximum absolute atomic E-state index is 8.57. The van der Waals surface area contributed by atoms with Crippen LogP contribution in [0, 0.1) is 11.8 Å². The second kappa shape index (κ2) is 8.84. The largest absolute Gasteiger partial charge is 0.392 e. The van der Waals surface area contributed by atoms with Gasteiger partial charge in [-0.15, -0.1) is 0 Å². The minimum atomic E-state index is 0.0303. The van der Waals surface area contributed by atoms with Gasteiger partial charge >= 0.3 is 0 Å². The van der Waals surface area contributed by atoms with E-state index in [9.17, 15) is 0 Å². The molecule has 2 rings (SSSR count). The maximum atomic E-state index is 8.57. The van der Waals surface area contributed by atoms with Crippen molar-refractivity contribution in [3.8, 4) is 11.8 Å². The Bertz CT molecular complexity index is 714. The predicted molar refractivity (Wildman–Crippen MR) is 93.5 cm³/mol. The molecule has 0 bridgehead atoms. The van der Waals surface area contributed by atoms with Gasteiger partial charge in [-0.05, 0) is 35.4 Å². The third-order valence-electron chi connectivity index (χ3n) is 3.42. The Kier molecular flexibility index (Phi) is 6.44. The molecule has 0 saturated carbocycles. The number of benzene rings is 2. The van der Waals surface area contributed by atoms with Gasteiger partial charge in [0.15, 0.2) is 0 Å². The molecule has 0 fully saturated rings. The molecule has 2 aromatic rings. The van der Waals surface area contributed by atoms with E-state index < -0.39 is 0 Å². The highest BCUT2D eigenvalue weighted by Crippen LogP contribution is 2.23. The normalized spacial score (nSPS) is 12.6. The van der Waals surface area contributed by atoms with Gasteiger partial charge in [-0.2, -0.15) is 0 Å². The predicted octanol–water partition coefficient (Wildman–Crippen LogP) is 3.60. The Hall–Kier alpha value is -2.34. The monoisotopic (exact) mass is 291 g/mol. The van der Waals surface area contributed by atoms with Gasteiger partial charge < -0.3 is 10.4 Å². The molecule has 0 amide bonds. The van der Waals surface area contributed by atoms with Crippen molar-refractivity contribution in [2.45, 2.75) is 13.0 Å². The van der Waals surface area contributed by atoms with Crippen molar-refractivity contribution in [1.82, 2.24) is 5.32 Å². The van der Waals surface area contributed by atoms with Gasteiger partial charge in [0.2, 0.25) is 0 Å². The lowest BCUT2D eigenvalue weighted by atomic mass is 10.00. The first-order chi connectivity index (χ1) is 10.8. The van der Waals surface area contributed by atoms with Crippen molar-refractivity contribution < 1.29 is 5.11 Å². The summed E-state index contributed by atoms with van der Waals surface area (Å²) in [5, 5.41) is 14.6. The molecule has 0 aliphatic rings. The molecule has 0 radical (unpaired) electrons. The molecule has 0 aromatic heterocycles. The molecule has 2 nitrogen and oxygen atoms in total. The molecule has 0 heterocycles. The Morgan fingerprint density at radius 2 is 1.77 bits per heavy atom. The zero-order valence-corrected chi connectivity index (χ0v) is 12.8. The van der Waals surface area contributed by atoms with E-state index in [0.29, 0.717) is 0 Å². The molecule has 2 N–H and O–H groups in total. The lowest BCUT2D eigenvalue weighted by Crippen LogP contribution is -2.18. The van der Waals surface area contributed by atoms with Crippen LogP contribution in [0.3, 0.4) is 0 Å². The third kappa shape index (κ3) is 4.60. The number of hydrogen-bond acceptors (Lipinski definition) is 2. The van der Waals surface area contributed by atoms with Crippen LogP contribution in [0.25, 0.3) is 10.8 Å². The molecule has 0 unspecified atom stereocenters. The molecule has 0 saturated heterocycles. The molecule has 2 aromatic carbocycles.